The fourth-order valence-corrected chi connectivity index (χ4v) is 1.39. The summed E-state index contributed by atoms with van der Waals surface area (Å²) in [4.78, 5) is 22.3. The van der Waals surface area contributed by atoms with E-state index in [2.05, 4.69) is 10.6 Å². The maximum absolute atomic E-state index is 11.5. The summed E-state index contributed by atoms with van der Waals surface area (Å²) in [5, 5.41) is 14.1. The minimum atomic E-state index is -0.414. The Morgan fingerprint density at radius 2 is 2.50 bits per heavy atom. The molecule has 0 spiro atoms. The lowest BCUT2D eigenvalue weighted by molar-refractivity contribution is -0.126. The van der Waals surface area contributed by atoms with Gasteiger partial charge in [-0.1, -0.05) is 6.92 Å². The summed E-state index contributed by atoms with van der Waals surface area (Å²) in [6.45, 7) is 1.82. The Bertz CT molecular complexity index is 226. The van der Waals surface area contributed by atoms with Gasteiger partial charge in [0.15, 0.2) is 0 Å². The molecule has 1 heterocycles. The van der Waals surface area contributed by atoms with Crippen molar-refractivity contribution in [3.63, 3.8) is 0 Å². The predicted octanol–water partition coefficient (Wildman–Crippen LogP) is -0.848. The van der Waals surface area contributed by atoms with E-state index in [0.29, 0.717) is 19.3 Å². The first-order valence-corrected chi connectivity index (χ1v) is 4.88. The maximum Gasteiger partial charge on any atom is 0.242 e. The number of rotatable bonds is 4. The highest BCUT2D eigenvalue weighted by Crippen LogP contribution is 2.06. The SMILES string of the molecule is CC[C@H](CO)NC(=O)C1CCC(=O)N1. The molecule has 0 radical (unpaired) electrons. The highest BCUT2D eigenvalue weighted by molar-refractivity contribution is 5.90. The average molecular weight is 200 g/mol. The maximum atomic E-state index is 11.5. The van der Waals surface area contributed by atoms with Crippen LogP contribution in [0.2, 0.25) is 0 Å². The lowest BCUT2D eigenvalue weighted by Gasteiger charge is -2.17. The molecular formula is C9H16N2O3. The summed E-state index contributed by atoms with van der Waals surface area (Å²) in [7, 11) is 0. The molecule has 5 heteroatoms. The lowest BCUT2D eigenvalue weighted by atomic mass is 10.2. The molecular weight excluding hydrogens is 184 g/mol. The minimum Gasteiger partial charge on any atom is -0.394 e. The second-order valence-electron chi connectivity index (χ2n) is 3.46. The third kappa shape index (κ3) is 2.70. The van der Waals surface area contributed by atoms with Crippen LogP contribution in [0.3, 0.4) is 0 Å². The van der Waals surface area contributed by atoms with E-state index in [-0.39, 0.29) is 24.5 Å². The van der Waals surface area contributed by atoms with Gasteiger partial charge >= 0.3 is 0 Å². The Kier molecular flexibility index (Phi) is 3.88. The van der Waals surface area contributed by atoms with Crippen LogP contribution < -0.4 is 10.6 Å². The molecule has 0 aromatic heterocycles. The number of aliphatic hydroxyl groups excluding tert-OH is 1. The summed E-state index contributed by atoms with van der Waals surface area (Å²) in [6.07, 6.45) is 1.64. The highest BCUT2D eigenvalue weighted by Gasteiger charge is 2.27. The van der Waals surface area contributed by atoms with Crippen LogP contribution in [-0.2, 0) is 9.59 Å². The highest BCUT2D eigenvalue weighted by atomic mass is 16.3. The second-order valence-corrected chi connectivity index (χ2v) is 3.46. The number of carbonyl (C=O) groups excluding carboxylic acids is 2. The van der Waals surface area contributed by atoms with Crippen LogP contribution in [0.4, 0.5) is 0 Å². The van der Waals surface area contributed by atoms with E-state index in [1.54, 1.807) is 0 Å². The Morgan fingerprint density at radius 3 is 2.93 bits per heavy atom. The minimum absolute atomic E-state index is 0.0666. The normalized spacial score (nSPS) is 23.0. The van der Waals surface area contributed by atoms with Crippen LogP contribution in [0.5, 0.6) is 0 Å². The van der Waals surface area contributed by atoms with Gasteiger partial charge in [0.1, 0.15) is 6.04 Å². The van der Waals surface area contributed by atoms with Gasteiger partial charge in [-0.2, -0.15) is 0 Å². The van der Waals surface area contributed by atoms with E-state index in [4.69, 9.17) is 5.11 Å². The van der Waals surface area contributed by atoms with E-state index in [1.807, 2.05) is 6.92 Å². The van der Waals surface area contributed by atoms with Gasteiger partial charge < -0.3 is 15.7 Å². The van der Waals surface area contributed by atoms with Crippen LogP contribution in [0.1, 0.15) is 26.2 Å². The van der Waals surface area contributed by atoms with E-state index >= 15 is 0 Å². The van der Waals surface area contributed by atoms with Crippen LogP contribution in [-0.4, -0.2) is 35.6 Å². The van der Waals surface area contributed by atoms with Crippen LogP contribution >= 0.6 is 0 Å². The predicted molar refractivity (Wildman–Crippen MR) is 50.5 cm³/mol. The van der Waals surface area contributed by atoms with Gasteiger partial charge in [0.25, 0.3) is 0 Å². The first-order chi connectivity index (χ1) is 6.67. The van der Waals surface area contributed by atoms with Gasteiger partial charge in [0, 0.05) is 6.42 Å². The number of aliphatic hydroxyl groups is 1. The number of carbonyl (C=O) groups is 2. The zero-order valence-corrected chi connectivity index (χ0v) is 8.25. The first kappa shape index (κ1) is 11.0. The second kappa shape index (κ2) is 4.95. The molecule has 1 rings (SSSR count). The molecule has 1 aliphatic heterocycles. The number of hydrogen-bond acceptors (Lipinski definition) is 3. The molecule has 0 aliphatic carbocycles. The first-order valence-electron chi connectivity index (χ1n) is 4.88. The summed E-state index contributed by atoms with van der Waals surface area (Å²) in [6, 6.07) is -0.622. The number of nitrogens with one attached hydrogen (secondary N) is 2. The van der Waals surface area contributed by atoms with Crippen molar-refractivity contribution in [3.8, 4) is 0 Å². The lowest BCUT2D eigenvalue weighted by Crippen LogP contribution is -2.46. The molecule has 5 nitrogen and oxygen atoms in total. The van der Waals surface area contributed by atoms with Gasteiger partial charge in [0.05, 0.1) is 12.6 Å². The topological polar surface area (TPSA) is 78.4 Å². The van der Waals surface area contributed by atoms with E-state index in [0.717, 1.165) is 0 Å². The number of amides is 2. The van der Waals surface area contributed by atoms with E-state index in [1.165, 1.54) is 0 Å². The van der Waals surface area contributed by atoms with Crippen molar-refractivity contribution in [3.05, 3.63) is 0 Å². The quantitative estimate of drug-likeness (QED) is 0.553. The Morgan fingerprint density at radius 1 is 1.79 bits per heavy atom. The summed E-state index contributed by atoms with van der Waals surface area (Å²) >= 11 is 0. The molecule has 80 valence electrons. The molecule has 0 saturated carbocycles. The van der Waals surface area contributed by atoms with Crippen molar-refractivity contribution >= 4 is 11.8 Å². The molecule has 0 bridgehead atoms. The molecule has 0 aromatic rings. The van der Waals surface area contributed by atoms with Crippen LogP contribution in [0.25, 0.3) is 0 Å². The third-order valence-corrected chi connectivity index (χ3v) is 2.37. The monoisotopic (exact) mass is 200 g/mol. The van der Waals surface area contributed by atoms with Gasteiger partial charge in [-0.15, -0.1) is 0 Å². The molecule has 0 aromatic carbocycles. The molecule has 1 saturated heterocycles. The third-order valence-electron chi connectivity index (χ3n) is 2.37. The van der Waals surface area contributed by atoms with E-state index in [9.17, 15) is 9.59 Å². The van der Waals surface area contributed by atoms with Crippen molar-refractivity contribution in [1.29, 1.82) is 0 Å². The summed E-state index contributed by atoms with van der Waals surface area (Å²) in [5.41, 5.74) is 0. The van der Waals surface area contributed by atoms with Gasteiger partial charge in [-0.3, -0.25) is 9.59 Å². The molecule has 1 fully saturated rings. The molecule has 1 aliphatic rings. The zero-order chi connectivity index (χ0) is 10.6. The van der Waals surface area contributed by atoms with Crippen molar-refractivity contribution in [1.82, 2.24) is 10.6 Å². The van der Waals surface area contributed by atoms with Gasteiger partial charge in [-0.25, -0.2) is 0 Å². The Labute approximate surface area is 82.9 Å². The van der Waals surface area contributed by atoms with Crippen molar-refractivity contribution in [2.45, 2.75) is 38.3 Å². The van der Waals surface area contributed by atoms with E-state index < -0.39 is 6.04 Å². The molecule has 1 unspecified atom stereocenters. The van der Waals surface area contributed by atoms with Crippen LogP contribution in [0, 0.1) is 0 Å². The fourth-order valence-electron chi connectivity index (χ4n) is 1.39. The molecule has 14 heavy (non-hydrogen) atoms. The Hall–Kier alpha value is -1.10. The fraction of sp³-hybridized carbons (Fsp3) is 0.778. The van der Waals surface area contributed by atoms with Crippen molar-refractivity contribution in [2.75, 3.05) is 6.61 Å². The number of hydrogen-bond donors (Lipinski definition) is 3. The molecule has 3 N–H and O–H groups in total. The molecule has 2 atom stereocenters. The average Bonchev–Trinajstić information content (AvgIpc) is 2.61. The smallest absolute Gasteiger partial charge is 0.242 e. The van der Waals surface area contributed by atoms with Crippen molar-refractivity contribution in [2.24, 2.45) is 0 Å². The van der Waals surface area contributed by atoms with Gasteiger partial charge in [0.2, 0.25) is 11.8 Å². The summed E-state index contributed by atoms with van der Waals surface area (Å²) in [5.74, 6) is -0.279. The Balaban J connectivity index is 2.38. The standard InChI is InChI=1S/C9H16N2O3/c1-2-6(5-12)10-9(14)7-3-4-8(13)11-7/h6-7,12H,2-5H2,1H3,(H,10,14)(H,11,13)/t6-,7?/m1/s1. The zero-order valence-electron chi connectivity index (χ0n) is 8.25. The van der Waals surface area contributed by atoms with Gasteiger partial charge in [-0.05, 0) is 12.8 Å². The van der Waals surface area contributed by atoms with Crippen molar-refractivity contribution < 1.29 is 14.7 Å². The van der Waals surface area contributed by atoms with Crippen LogP contribution in [0.15, 0.2) is 0 Å². The molecule has 2 amide bonds. The summed E-state index contributed by atoms with van der Waals surface area (Å²) < 4.78 is 0. The largest absolute Gasteiger partial charge is 0.394 e.